The average molecular weight is 134 g/mol. The highest BCUT2D eigenvalue weighted by Gasteiger charge is 1.92. The third-order valence-electron chi connectivity index (χ3n) is 0.471. The van der Waals surface area contributed by atoms with Gasteiger partial charge in [-0.25, -0.2) is 14.9 Å². The van der Waals surface area contributed by atoms with Crippen molar-refractivity contribution in [2.75, 3.05) is 6.67 Å². The van der Waals surface area contributed by atoms with Crippen LogP contribution in [0.5, 0.6) is 0 Å². The summed E-state index contributed by atoms with van der Waals surface area (Å²) in [6, 6.07) is -0.802. The number of primary amides is 1. The van der Waals surface area contributed by atoms with Gasteiger partial charge in [0.05, 0.1) is 0 Å². The predicted molar refractivity (Wildman–Crippen MR) is 27.7 cm³/mol. The van der Waals surface area contributed by atoms with Crippen LogP contribution in [-0.4, -0.2) is 17.7 Å². The lowest BCUT2D eigenvalue weighted by molar-refractivity contribution is -0.544. The number of hydrogen-bond donors (Lipinski definition) is 3. The van der Waals surface area contributed by atoms with Crippen LogP contribution in [0.25, 0.3) is 0 Å². The van der Waals surface area contributed by atoms with E-state index in [1.165, 1.54) is 0 Å². The number of hydrogen-bond acceptors (Lipinski definition) is 3. The normalized spacial score (nSPS) is 8.00. The number of amides is 2. The van der Waals surface area contributed by atoms with E-state index in [1.54, 1.807) is 5.43 Å². The highest BCUT2D eigenvalue weighted by atomic mass is 16.7. The molecular formula is C2H6N4O3. The third kappa shape index (κ3) is 6.47. The van der Waals surface area contributed by atoms with Gasteiger partial charge in [0.1, 0.15) is 6.67 Å². The van der Waals surface area contributed by atoms with Gasteiger partial charge in [-0.15, -0.1) is 5.43 Å². The fourth-order valence-corrected chi connectivity index (χ4v) is 0.191. The SMILES string of the molecule is NC(=O)NCN[N+](=O)[O-]. The molecule has 0 aromatic carbocycles. The Bertz CT molecular complexity index is 109. The first-order chi connectivity index (χ1) is 4.13. The van der Waals surface area contributed by atoms with Gasteiger partial charge in [0, 0.05) is 0 Å². The Morgan fingerprint density at radius 2 is 2.33 bits per heavy atom. The summed E-state index contributed by atoms with van der Waals surface area (Å²) in [5, 5.41) is 10.7. The molecule has 0 aromatic heterocycles. The maximum Gasteiger partial charge on any atom is 0.313 e. The zero-order chi connectivity index (χ0) is 7.28. The van der Waals surface area contributed by atoms with E-state index in [0.29, 0.717) is 0 Å². The summed E-state index contributed by atoms with van der Waals surface area (Å²) in [5.74, 6) is 0. The Kier molecular flexibility index (Phi) is 2.88. The lowest BCUT2D eigenvalue weighted by Crippen LogP contribution is -2.39. The quantitative estimate of drug-likeness (QED) is 0.245. The van der Waals surface area contributed by atoms with Gasteiger partial charge >= 0.3 is 6.03 Å². The van der Waals surface area contributed by atoms with Crippen molar-refractivity contribution >= 4 is 6.03 Å². The van der Waals surface area contributed by atoms with Crippen molar-refractivity contribution in [3.63, 3.8) is 0 Å². The summed E-state index contributed by atoms with van der Waals surface area (Å²) < 4.78 is 0. The average Bonchev–Trinajstić information content (AvgIpc) is 1.63. The van der Waals surface area contributed by atoms with Gasteiger partial charge in [-0.2, -0.15) is 0 Å². The lowest BCUT2D eigenvalue weighted by Gasteiger charge is -1.95. The summed E-state index contributed by atoms with van der Waals surface area (Å²) in [5.41, 5.74) is 6.25. The van der Waals surface area contributed by atoms with Crippen molar-refractivity contribution < 1.29 is 9.83 Å². The van der Waals surface area contributed by atoms with Gasteiger partial charge in [-0.3, -0.25) is 0 Å². The zero-order valence-corrected chi connectivity index (χ0v) is 4.46. The lowest BCUT2D eigenvalue weighted by atomic mass is 11.0. The van der Waals surface area contributed by atoms with Gasteiger partial charge in [-0.1, -0.05) is 0 Å². The summed E-state index contributed by atoms with van der Waals surface area (Å²) in [6.45, 7) is -0.262. The van der Waals surface area contributed by atoms with Crippen LogP contribution < -0.4 is 16.5 Å². The third-order valence-corrected chi connectivity index (χ3v) is 0.471. The van der Waals surface area contributed by atoms with Crippen LogP contribution >= 0.6 is 0 Å². The van der Waals surface area contributed by atoms with Crippen molar-refractivity contribution in [1.82, 2.24) is 10.7 Å². The van der Waals surface area contributed by atoms with E-state index >= 15 is 0 Å². The molecule has 0 aliphatic carbocycles. The summed E-state index contributed by atoms with van der Waals surface area (Å²) >= 11 is 0. The van der Waals surface area contributed by atoms with E-state index in [1.807, 2.05) is 5.32 Å². The molecule has 0 fully saturated rings. The van der Waals surface area contributed by atoms with E-state index < -0.39 is 11.1 Å². The van der Waals surface area contributed by atoms with Crippen molar-refractivity contribution in [3.8, 4) is 0 Å². The molecule has 0 radical (unpaired) electrons. The maximum absolute atomic E-state index is 9.83. The first-order valence-electron chi connectivity index (χ1n) is 2.04. The molecule has 0 heterocycles. The van der Waals surface area contributed by atoms with Gasteiger partial charge in [0.25, 0.3) is 0 Å². The minimum absolute atomic E-state index is 0.262. The Morgan fingerprint density at radius 3 is 2.67 bits per heavy atom. The molecule has 0 saturated heterocycles. The Balaban J connectivity index is 3.10. The Morgan fingerprint density at radius 1 is 1.78 bits per heavy atom. The number of carbonyl (C=O) groups is 1. The molecular weight excluding hydrogens is 128 g/mol. The second-order valence-electron chi connectivity index (χ2n) is 1.13. The highest BCUT2D eigenvalue weighted by molar-refractivity contribution is 5.71. The van der Waals surface area contributed by atoms with Crippen LogP contribution in [0.1, 0.15) is 0 Å². The first kappa shape index (κ1) is 7.47. The topological polar surface area (TPSA) is 110 Å². The molecule has 7 nitrogen and oxygen atoms in total. The molecule has 9 heavy (non-hydrogen) atoms. The number of hydrazine groups is 1. The Labute approximate surface area is 50.3 Å². The molecule has 0 aromatic rings. The molecule has 0 rings (SSSR count). The maximum atomic E-state index is 9.83. The fraction of sp³-hybridized carbons (Fsp3) is 0.500. The van der Waals surface area contributed by atoms with Gasteiger partial charge < -0.3 is 11.1 Å². The summed E-state index contributed by atoms with van der Waals surface area (Å²) in [6.07, 6.45) is 0. The van der Waals surface area contributed by atoms with E-state index in [4.69, 9.17) is 0 Å². The van der Waals surface area contributed by atoms with E-state index in [0.717, 1.165) is 0 Å². The van der Waals surface area contributed by atoms with Gasteiger partial charge in [0.2, 0.25) is 0 Å². The molecule has 0 atom stereocenters. The number of nitrogens with one attached hydrogen (secondary N) is 2. The van der Waals surface area contributed by atoms with Crippen LogP contribution in [0.15, 0.2) is 0 Å². The molecule has 0 bridgehead atoms. The summed E-state index contributed by atoms with van der Waals surface area (Å²) in [7, 11) is 0. The molecule has 4 N–H and O–H groups in total. The second kappa shape index (κ2) is 3.47. The predicted octanol–water partition coefficient (Wildman–Crippen LogP) is -1.61. The van der Waals surface area contributed by atoms with Crippen LogP contribution in [0, 0.1) is 10.1 Å². The largest absolute Gasteiger partial charge is 0.352 e. The molecule has 52 valence electrons. The minimum atomic E-state index is -0.802. The van der Waals surface area contributed by atoms with Crippen LogP contribution in [-0.2, 0) is 0 Å². The van der Waals surface area contributed by atoms with Crippen molar-refractivity contribution in [2.24, 2.45) is 5.73 Å². The second-order valence-corrected chi connectivity index (χ2v) is 1.13. The van der Waals surface area contributed by atoms with Gasteiger partial charge in [0.15, 0.2) is 5.03 Å². The molecule has 0 unspecified atom stereocenters. The number of urea groups is 1. The van der Waals surface area contributed by atoms with Crippen LogP contribution in [0.4, 0.5) is 4.79 Å². The number of carbonyl (C=O) groups excluding carboxylic acids is 1. The van der Waals surface area contributed by atoms with E-state index in [2.05, 4.69) is 5.73 Å². The molecule has 0 aliphatic rings. The Hall–Kier alpha value is -1.53. The highest BCUT2D eigenvalue weighted by Crippen LogP contribution is 1.54. The zero-order valence-electron chi connectivity index (χ0n) is 4.46. The molecule has 2 amide bonds. The van der Waals surface area contributed by atoms with Gasteiger partial charge in [-0.05, 0) is 0 Å². The standard InChI is InChI=1S/C2H6N4O3/c3-2(7)4-1-5-6(8)9/h5H,1H2,(H3,3,4,7). The number of nitrogens with zero attached hydrogens (tertiary/aromatic N) is 1. The van der Waals surface area contributed by atoms with Crippen molar-refractivity contribution in [1.29, 1.82) is 0 Å². The smallest absolute Gasteiger partial charge is 0.313 e. The summed E-state index contributed by atoms with van der Waals surface area (Å²) in [4.78, 5) is 19.3. The molecule has 0 saturated carbocycles. The van der Waals surface area contributed by atoms with Crippen molar-refractivity contribution in [3.05, 3.63) is 10.1 Å². The first-order valence-corrected chi connectivity index (χ1v) is 2.04. The molecule has 0 spiro atoms. The van der Waals surface area contributed by atoms with Crippen LogP contribution in [0.3, 0.4) is 0 Å². The number of nitrogens with two attached hydrogens (primary N) is 1. The number of rotatable bonds is 3. The van der Waals surface area contributed by atoms with Crippen LogP contribution in [0.2, 0.25) is 0 Å². The minimum Gasteiger partial charge on any atom is -0.352 e. The number of nitro groups is 1. The monoisotopic (exact) mass is 134 g/mol. The molecule has 7 heteroatoms. The van der Waals surface area contributed by atoms with E-state index in [-0.39, 0.29) is 6.67 Å². The van der Waals surface area contributed by atoms with Crippen molar-refractivity contribution in [2.45, 2.75) is 0 Å². The molecule has 0 aliphatic heterocycles. The van der Waals surface area contributed by atoms with E-state index in [9.17, 15) is 14.9 Å². The fourth-order valence-electron chi connectivity index (χ4n) is 0.191.